The molecule has 1 heterocycles. The first-order valence-corrected chi connectivity index (χ1v) is 8.00. The van der Waals surface area contributed by atoms with E-state index < -0.39 is 0 Å². The van der Waals surface area contributed by atoms with E-state index >= 15 is 0 Å². The fourth-order valence-electron chi connectivity index (χ4n) is 2.60. The highest BCUT2D eigenvalue weighted by Crippen LogP contribution is 2.31. The van der Waals surface area contributed by atoms with Crippen LogP contribution in [0.15, 0.2) is 48.6 Å². The molecule has 1 aliphatic heterocycles. The summed E-state index contributed by atoms with van der Waals surface area (Å²) in [5, 5.41) is 9.61. The molecule has 0 unspecified atom stereocenters. The van der Waals surface area contributed by atoms with Crippen molar-refractivity contribution >= 4 is 17.9 Å². The third-order valence-electron chi connectivity index (χ3n) is 3.96. The van der Waals surface area contributed by atoms with Crippen molar-refractivity contribution in [3.8, 4) is 17.2 Å². The molecule has 4 heteroatoms. The minimum absolute atomic E-state index is 0.0652. The number of carbonyl (C=O) groups is 1. The summed E-state index contributed by atoms with van der Waals surface area (Å²) < 4.78 is 10.9. The molecule has 0 radical (unpaired) electrons. The molecular weight excluding hydrogens is 316 g/mol. The molecule has 1 N–H and O–H groups in total. The minimum Gasteiger partial charge on any atom is -0.504 e. The third-order valence-corrected chi connectivity index (χ3v) is 3.96. The van der Waals surface area contributed by atoms with Crippen LogP contribution >= 0.6 is 0 Å². The molecule has 0 saturated carbocycles. The van der Waals surface area contributed by atoms with Crippen molar-refractivity contribution in [2.75, 3.05) is 7.11 Å². The third kappa shape index (κ3) is 3.74. The maximum atomic E-state index is 12.4. The van der Waals surface area contributed by atoms with Gasteiger partial charge < -0.3 is 14.6 Å². The largest absolute Gasteiger partial charge is 0.504 e. The normalized spacial score (nSPS) is 14.8. The number of methoxy groups -OCH3 is 1. The number of ketones is 1. The second kappa shape index (κ2) is 6.48. The molecule has 128 valence electrons. The number of hydrogen-bond donors (Lipinski definition) is 1. The molecule has 1 aliphatic rings. The fraction of sp³-hybridized carbons (Fsp3) is 0.190. The summed E-state index contributed by atoms with van der Waals surface area (Å²) in [6.07, 6.45) is 7.15. The van der Waals surface area contributed by atoms with Crippen molar-refractivity contribution in [2.45, 2.75) is 19.4 Å². The Labute approximate surface area is 147 Å². The summed E-state index contributed by atoms with van der Waals surface area (Å²) in [6, 6.07) is 10.3. The Hall–Kier alpha value is -3.01. The molecule has 0 amide bonds. The van der Waals surface area contributed by atoms with Crippen molar-refractivity contribution in [1.29, 1.82) is 0 Å². The molecule has 25 heavy (non-hydrogen) atoms. The highest BCUT2D eigenvalue weighted by atomic mass is 16.5. The number of carbonyl (C=O) groups excluding carboxylic acids is 1. The first kappa shape index (κ1) is 16.8. The topological polar surface area (TPSA) is 55.8 Å². The molecule has 0 atom stereocenters. The Bertz CT molecular complexity index is 875. The number of rotatable bonds is 4. The van der Waals surface area contributed by atoms with Gasteiger partial charge in [0.1, 0.15) is 11.4 Å². The summed E-state index contributed by atoms with van der Waals surface area (Å²) in [6.45, 7) is 3.97. The predicted molar refractivity (Wildman–Crippen MR) is 98.2 cm³/mol. The second-order valence-corrected chi connectivity index (χ2v) is 6.42. The SMILES string of the molecule is COc1cc(/C=C/C(=O)c2ccc3c(c2)C=CC(C)(C)O3)ccc1O. The molecule has 0 aliphatic carbocycles. The molecule has 4 nitrogen and oxygen atoms in total. The molecule has 0 spiro atoms. The lowest BCUT2D eigenvalue weighted by Gasteiger charge is -2.27. The Morgan fingerprint density at radius 3 is 2.76 bits per heavy atom. The zero-order valence-electron chi connectivity index (χ0n) is 14.4. The van der Waals surface area contributed by atoms with Gasteiger partial charge in [-0.1, -0.05) is 18.2 Å². The zero-order chi connectivity index (χ0) is 18.0. The summed E-state index contributed by atoms with van der Waals surface area (Å²) in [5.41, 5.74) is 1.92. The van der Waals surface area contributed by atoms with E-state index in [0.29, 0.717) is 11.3 Å². The minimum atomic E-state index is -0.337. The predicted octanol–water partition coefficient (Wildman–Crippen LogP) is 4.48. The van der Waals surface area contributed by atoms with Gasteiger partial charge in [-0.3, -0.25) is 4.79 Å². The number of phenolic OH excluding ortho intramolecular Hbond substituents is 1. The Kier molecular flexibility index (Phi) is 4.36. The average molecular weight is 336 g/mol. The molecule has 0 saturated heterocycles. The average Bonchev–Trinajstić information content (AvgIpc) is 2.59. The van der Waals surface area contributed by atoms with Crippen LogP contribution in [0, 0.1) is 0 Å². The Balaban J connectivity index is 1.80. The first-order chi connectivity index (χ1) is 11.9. The standard InChI is InChI=1S/C21H20O4/c1-21(2)11-10-16-13-15(6-9-19(16)25-21)17(22)7-4-14-5-8-18(23)20(12-14)24-3/h4-13,23H,1-3H3/b7-4+. The molecule has 0 bridgehead atoms. The van der Waals surface area contributed by atoms with E-state index in [9.17, 15) is 9.90 Å². The smallest absolute Gasteiger partial charge is 0.185 e. The maximum Gasteiger partial charge on any atom is 0.185 e. The number of benzene rings is 2. The van der Waals surface area contributed by atoms with Crippen LogP contribution in [0.5, 0.6) is 17.2 Å². The van der Waals surface area contributed by atoms with Crippen molar-refractivity contribution in [3.63, 3.8) is 0 Å². The van der Waals surface area contributed by atoms with Gasteiger partial charge >= 0.3 is 0 Å². The maximum absolute atomic E-state index is 12.4. The van der Waals surface area contributed by atoms with Crippen LogP contribution < -0.4 is 9.47 Å². The van der Waals surface area contributed by atoms with Gasteiger partial charge in [-0.25, -0.2) is 0 Å². The number of ether oxygens (including phenoxy) is 2. The van der Waals surface area contributed by atoms with Gasteiger partial charge in [0.15, 0.2) is 17.3 Å². The van der Waals surface area contributed by atoms with Crippen molar-refractivity contribution in [3.05, 3.63) is 65.2 Å². The highest BCUT2D eigenvalue weighted by Gasteiger charge is 2.21. The number of hydrogen-bond acceptors (Lipinski definition) is 4. The van der Waals surface area contributed by atoms with Gasteiger partial charge in [-0.2, -0.15) is 0 Å². The molecule has 2 aromatic rings. The van der Waals surface area contributed by atoms with E-state index in [4.69, 9.17) is 9.47 Å². The second-order valence-electron chi connectivity index (χ2n) is 6.42. The molecule has 0 fully saturated rings. The van der Waals surface area contributed by atoms with Gasteiger partial charge in [0.2, 0.25) is 0 Å². The van der Waals surface area contributed by atoms with E-state index in [0.717, 1.165) is 16.9 Å². The molecule has 0 aromatic heterocycles. The number of phenols is 1. The number of aromatic hydroxyl groups is 1. The van der Waals surface area contributed by atoms with E-state index in [2.05, 4.69) is 0 Å². The lowest BCUT2D eigenvalue weighted by atomic mass is 9.99. The van der Waals surface area contributed by atoms with Crippen molar-refractivity contribution in [2.24, 2.45) is 0 Å². The van der Waals surface area contributed by atoms with E-state index in [1.165, 1.54) is 19.3 Å². The molecular formula is C21H20O4. The lowest BCUT2D eigenvalue weighted by molar-refractivity contribution is 0.104. The highest BCUT2D eigenvalue weighted by molar-refractivity contribution is 6.07. The van der Waals surface area contributed by atoms with Crippen LogP contribution in [0.1, 0.15) is 35.3 Å². The molecule has 3 rings (SSSR count). The quantitative estimate of drug-likeness (QED) is 0.660. The van der Waals surface area contributed by atoms with Crippen LogP contribution in [0.4, 0.5) is 0 Å². The van der Waals surface area contributed by atoms with Crippen LogP contribution in [0.25, 0.3) is 12.2 Å². The van der Waals surface area contributed by atoms with E-state index in [1.807, 2.05) is 38.1 Å². The summed E-state index contributed by atoms with van der Waals surface area (Å²) >= 11 is 0. The van der Waals surface area contributed by atoms with Crippen LogP contribution in [0.2, 0.25) is 0 Å². The van der Waals surface area contributed by atoms with Crippen LogP contribution in [0.3, 0.4) is 0 Å². The summed E-state index contributed by atoms with van der Waals surface area (Å²) in [5.74, 6) is 1.10. The Morgan fingerprint density at radius 1 is 1.20 bits per heavy atom. The van der Waals surface area contributed by atoms with Crippen molar-refractivity contribution in [1.82, 2.24) is 0 Å². The lowest BCUT2D eigenvalue weighted by Crippen LogP contribution is -2.27. The van der Waals surface area contributed by atoms with E-state index in [-0.39, 0.29) is 17.1 Å². The van der Waals surface area contributed by atoms with Crippen molar-refractivity contribution < 1.29 is 19.4 Å². The van der Waals surface area contributed by atoms with Gasteiger partial charge in [-0.15, -0.1) is 0 Å². The summed E-state index contributed by atoms with van der Waals surface area (Å²) in [4.78, 5) is 12.4. The fourth-order valence-corrected chi connectivity index (χ4v) is 2.60. The monoisotopic (exact) mass is 336 g/mol. The number of allylic oxidation sites excluding steroid dienone is 1. The van der Waals surface area contributed by atoms with Crippen LogP contribution in [-0.2, 0) is 0 Å². The van der Waals surface area contributed by atoms with Gasteiger partial charge in [-0.05, 0) is 61.9 Å². The van der Waals surface area contributed by atoms with Gasteiger partial charge in [0.25, 0.3) is 0 Å². The van der Waals surface area contributed by atoms with E-state index in [1.54, 1.807) is 24.3 Å². The first-order valence-electron chi connectivity index (χ1n) is 8.00. The van der Waals surface area contributed by atoms with Gasteiger partial charge in [0.05, 0.1) is 7.11 Å². The van der Waals surface area contributed by atoms with Crippen LogP contribution in [-0.4, -0.2) is 23.6 Å². The Morgan fingerprint density at radius 2 is 2.00 bits per heavy atom. The molecule has 2 aromatic carbocycles. The number of fused-ring (bicyclic) bond motifs is 1. The zero-order valence-corrected chi connectivity index (χ0v) is 14.4. The summed E-state index contributed by atoms with van der Waals surface area (Å²) in [7, 11) is 1.48. The van der Waals surface area contributed by atoms with Gasteiger partial charge in [0, 0.05) is 11.1 Å².